The van der Waals surface area contributed by atoms with E-state index >= 15 is 0 Å². The van der Waals surface area contributed by atoms with Crippen molar-refractivity contribution in [2.24, 2.45) is 33.8 Å². The zero-order valence-electron chi connectivity index (χ0n) is 23.9. The molecule has 2 aromatic heterocycles. The maximum atomic E-state index is 12.2. The Bertz CT molecular complexity index is 1510. The highest BCUT2D eigenvalue weighted by molar-refractivity contribution is 6.37. The number of amides is 1. The fraction of sp³-hybridized carbons (Fsp3) is 0.656. The number of dihydropyridines is 1. The van der Waals surface area contributed by atoms with E-state index in [4.69, 9.17) is 38.4 Å². The molecule has 1 atom stereocenters. The topological polar surface area (TPSA) is 96.0 Å². The highest BCUT2D eigenvalue weighted by atomic mass is 35.5. The summed E-state index contributed by atoms with van der Waals surface area (Å²) in [6, 6.07) is 2.38. The Morgan fingerprint density at radius 2 is 1.62 bits per heavy atom. The lowest BCUT2D eigenvalue weighted by atomic mass is 9.63. The molecule has 1 N–H and O–H groups in total. The van der Waals surface area contributed by atoms with Gasteiger partial charge in [-0.15, -0.1) is 0 Å². The van der Waals surface area contributed by atoms with Gasteiger partial charge in [0.25, 0.3) is 5.91 Å². The summed E-state index contributed by atoms with van der Waals surface area (Å²) in [5, 5.41) is 25.0. The lowest BCUT2D eigenvalue weighted by Crippen LogP contribution is -2.42. The molecule has 8 rings (SSSR count). The highest BCUT2D eigenvalue weighted by Gasteiger charge is 2.47. The van der Waals surface area contributed by atoms with E-state index in [2.05, 4.69) is 9.67 Å². The van der Waals surface area contributed by atoms with Crippen molar-refractivity contribution in [3.05, 3.63) is 33.8 Å². The summed E-state index contributed by atoms with van der Waals surface area (Å²) in [6.07, 6.45) is 17.4. The third-order valence-corrected chi connectivity index (χ3v) is 11.7. The standard InChI is InChI=1S/C32H38Cl2N6O2/c33-23-15-25(34)35-31-27(23)30(38-39(31)21-7-2-1-3-8-21)20-13-19(14-20)17-9-11-22(12-10-17)40-32-28(24(41)16-26(42)36-32)29(37-40)18-5-4-6-18/h15-22,28,41H,1-14H2. The molecule has 222 valence electrons. The quantitative estimate of drug-likeness (QED) is 0.350. The van der Waals surface area contributed by atoms with Gasteiger partial charge in [-0.2, -0.15) is 15.2 Å². The predicted molar refractivity (Wildman–Crippen MR) is 164 cm³/mol. The molecule has 0 bridgehead atoms. The third-order valence-electron chi connectivity index (χ3n) is 11.2. The van der Waals surface area contributed by atoms with Crippen molar-refractivity contribution in [3.8, 4) is 0 Å². The number of carbonyl (C=O) groups is 1. The van der Waals surface area contributed by atoms with Crippen LogP contribution in [0.25, 0.3) is 11.0 Å². The fourth-order valence-corrected chi connectivity index (χ4v) is 9.11. The van der Waals surface area contributed by atoms with Crippen molar-refractivity contribution < 1.29 is 9.90 Å². The van der Waals surface area contributed by atoms with Gasteiger partial charge in [-0.25, -0.2) is 14.7 Å². The molecule has 1 amide bonds. The second kappa shape index (κ2) is 10.6. The van der Waals surface area contributed by atoms with Crippen molar-refractivity contribution in [3.63, 3.8) is 0 Å². The van der Waals surface area contributed by atoms with Gasteiger partial charge in [0.1, 0.15) is 22.7 Å². The Morgan fingerprint density at radius 3 is 2.33 bits per heavy atom. The number of hydrogen-bond acceptors (Lipinski definition) is 6. The van der Waals surface area contributed by atoms with E-state index < -0.39 is 0 Å². The Labute approximate surface area is 256 Å². The van der Waals surface area contributed by atoms with Crippen LogP contribution >= 0.6 is 23.2 Å². The van der Waals surface area contributed by atoms with Crippen LogP contribution in [0.2, 0.25) is 10.2 Å². The van der Waals surface area contributed by atoms with E-state index in [9.17, 15) is 9.90 Å². The fourth-order valence-electron chi connectivity index (χ4n) is 8.59. The van der Waals surface area contributed by atoms with Gasteiger partial charge < -0.3 is 5.11 Å². The molecule has 8 nitrogen and oxygen atoms in total. The lowest BCUT2D eigenvalue weighted by Gasteiger charge is -2.44. The van der Waals surface area contributed by atoms with Crippen molar-refractivity contribution in [1.29, 1.82) is 0 Å². The first-order chi connectivity index (χ1) is 20.4. The number of hydrazone groups is 1. The molecule has 4 saturated carbocycles. The second-order valence-corrected chi connectivity index (χ2v) is 14.3. The number of rotatable bonds is 5. The summed E-state index contributed by atoms with van der Waals surface area (Å²) < 4.78 is 2.15. The third kappa shape index (κ3) is 4.50. The molecule has 4 fully saturated rings. The molecule has 0 spiro atoms. The van der Waals surface area contributed by atoms with E-state index in [0.717, 1.165) is 86.6 Å². The van der Waals surface area contributed by atoms with Crippen molar-refractivity contribution in [1.82, 2.24) is 19.8 Å². The molecule has 2 aliphatic heterocycles. The van der Waals surface area contributed by atoms with Crippen molar-refractivity contribution >= 4 is 51.7 Å². The van der Waals surface area contributed by atoms with Crippen LogP contribution < -0.4 is 0 Å². The molecule has 4 heterocycles. The zero-order valence-corrected chi connectivity index (χ0v) is 25.4. The normalized spacial score (nSPS) is 32.2. The van der Waals surface area contributed by atoms with Gasteiger partial charge in [0, 0.05) is 17.9 Å². The minimum absolute atomic E-state index is 0.114. The number of amidine groups is 1. The summed E-state index contributed by atoms with van der Waals surface area (Å²) in [5.41, 5.74) is 2.98. The Hall–Kier alpha value is -2.45. The number of halogens is 2. The number of hydrogen-bond donors (Lipinski definition) is 1. The Morgan fingerprint density at radius 1 is 0.857 bits per heavy atom. The lowest BCUT2D eigenvalue weighted by molar-refractivity contribution is -0.113. The minimum atomic E-state index is -0.376. The molecule has 0 aromatic carbocycles. The summed E-state index contributed by atoms with van der Waals surface area (Å²) >= 11 is 13.1. The summed E-state index contributed by atoms with van der Waals surface area (Å²) in [4.78, 5) is 21.3. The van der Waals surface area contributed by atoms with Gasteiger partial charge in [0.15, 0.2) is 5.65 Å². The van der Waals surface area contributed by atoms with Gasteiger partial charge >= 0.3 is 0 Å². The number of aromatic nitrogens is 3. The highest BCUT2D eigenvalue weighted by Crippen LogP contribution is 2.52. The smallest absolute Gasteiger partial charge is 0.274 e. The summed E-state index contributed by atoms with van der Waals surface area (Å²) in [6.45, 7) is 0. The van der Waals surface area contributed by atoms with Crippen LogP contribution in [-0.4, -0.2) is 48.4 Å². The molecule has 1 unspecified atom stereocenters. The SMILES string of the molecule is O=C1C=C(O)C2C(C3CCC3)=NN(C3CCC(C4CC(c5nn(C6CCCCC6)c6nc(Cl)cc(Cl)c56)C4)CC3)C2=N1. The molecular formula is C32H38Cl2N6O2. The number of pyridine rings is 1. The summed E-state index contributed by atoms with van der Waals surface area (Å²) in [5.74, 6) is 2.25. The molecule has 0 radical (unpaired) electrons. The maximum Gasteiger partial charge on any atom is 0.274 e. The molecule has 6 aliphatic rings. The van der Waals surface area contributed by atoms with E-state index in [0.29, 0.717) is 45.7 Å². The van der Waals surface area contributed by atoms with Gasteiger partial charge in [0.05, 0.1) is 33.9 Å². The van der Waals surface area contributed by atoms with Crippen LogP contribution in [0.5, 0.6) is 0 Å². The molecule has 42 heavy (non-hydrogen) atoms. The average molecular weight is 610 g/mol. The van der Waals surface area contributed by atoms with Crippen molar-refractivity contribution in [2.75, 3.05) is 0 Å². The largest absolute Gasteiger partial charge is 0.511 e. The number of aliphatic hydroxyl groups excluding tert-OH is 1. The van der Waals surface area contributed by atoms with Crippen LogP contribution in [-0.2, 0) is 4.79 Å². The first-order valence-corrected chi connectivity index (χ1v) is 16.8. The van der Waals surface area contributed by atoms with Crippen LogP contribution in [0.3, 0.4) is 0 Å². The van der Waals surface area contributed by atoms with Crippen LogP contribution in [0, 0.1) is 23.7 Å². The van der Waals surface area contributed by atoms with E-state index in [1.165, 1.54) is 31.8 Å². The molecule has 2 aromatic rings. The first kappa shape index (κ1) is 27.1. The van der Waals surface area contributed by atoms with Gasteiger partial charge in [-0.05, 0) is 82.1 Å². The molecule has 0 saturated heterocycles. The molecule has 4 aliphatic carbocycles. The number of aliphatic imine (C=N–C) groups is 1. The summed E-state index contributed by atoms with van der Waals surface area (Å²) in [7, 11) is 0. The second-order valence-electron chi connectivity index (χ2n) is 13.6. The maximum absolute atomic E-state index is 12.2. The molecular weight excluding hydrogens is 571 g/mol. The first-order valence-electron chi connectivity index (χ1n) is 16.1. The molecule has 10 heteroatoms. The minimum Gasteiger partial charge on any atom is -0.511 e. The van der Waals surface area contributed by atoms with Gasteiger partial charge in [-0.1, -0.05) is 48.9 Å². The Balaban J connectivity index is 0.954. The van der Waals surface area contributed by atoms with Crippen LogP contribution in [0.4, 0.5) is 0 Å². The average Bonchev–Trinajstić information content (AvgIpc) is 3.47. The number of carbonyl (C=O) groups excluding carboxylic acids is 1. The van der Waals surface area contributed by atoms with Gasteiger partial charge in [0.2, 0.25) is 0 Å². The van der Waals surface area contributed by atoms with Crippen LogP contribution in [0.15, 0.2) is 28.0 Å². The van der Waals surface area contributed by atoms with Crippen molar-refractivity contribution in [2.45, 2.75) is 108 Å². The number of nitrogens with zero attached hydrogens (tertiary/aromatic N) is 6. The van der Waals surface area contributed by atoms with Gasteiger partial charge in [-0.3, -0.25) is 4.79 Å². The van der Waals surface area contributed by atoms with E-state index in [-0.39, 0.29) is 23.6 Å². The van der Waals surface area contributed by atoms with E-state index in [1.54, 1.807) is 6.07 Å². The number of aliphatic hydroxyl groups is 1. The number of fused-ring (bicyclic) bond motifs is 2. The van der Waals surface area contributed by atoms with Crippen LogP contribution in [0.1, 0.15) is 108 Å². The predicted octanol–water partition coefficient (Wildman–Crippen LogP) is 7.76. The zero-order chi connectivity index (χ0) is 28.5. The monoisotopic (exact) mass is 608 g/mol. The van der Waals surface area contributed by atoms with E-state index in [1.807, 2.05) is 5.01 Å². The Kier molecular flexibility index (Phi) is 6.86.